The number of carbonyl (C=O) groups is 1. The summed E-state index contributed by atoms with van der Waals surface area (Å²) in [5.41, 5.74) is -0.953. The van der Waals surface area contributed by atoms with E-state index in [2.05, 4.69) is 0 Å². The van der Waals surface area contributed by atoms with E-state index in [-0.39, 0.29) is 19.0 Å². The Hall–Kier alpha value is -2.30. The van der Waals surface area contributed by atoms with Crippen LogP contribution in [0.2, 0.25) is 0 Å². The van der Waals surface area contributed by atoms with Crippen molar-refractivity contribution in [3.05, 3.63) is 70.8 Å². The number of hydrogen-bond donors (Lipinski definition) is 1. The zero-order chi connectivity index (χ0) is 24.2. The number of nitrogens with zero attached hydrogens (tertiary/aromatic N) is 1. The summed E-state index contributed by atoms with van der Waals surface area (Å²) in [6, 6.07) is 8.57. The topological polar surface area (TPSA) is 49.8 Å². The maximum absolute atomic E-state index is 12.9. The fourth-order valence-electron chi connectivity index (χ4n) is 3.84. The molecule has 1 saturated heterocycles. The molecule has 1 fully saturated rings. The van der Waals surface area contributed by atoms with Gasteiger partial charge in [0, 0.05) is 13.1 Å². The summed E-state index contributed by atoms with van der Waals surface area (Å²) >= 11 is 0. The van der Waals surface area contributed by atoms with E-state index in [1.165, 1.54) is 24.3 Å². The summed E-state index contributed by atoms with van der Waals surface area (Å²) in [7, 11) is 0. The Morgan fingerprint density at radius 3 is 1.82 bits per heavy atom. The molecule has 0 amide bonds. The molecule has 11 heteroatoms. The largest absolute Gasteiger partial charge is 0.481 e. The molecule has 0 aromatic heterocycles. The van der Waals surface area contributed by atoms with Gasteiger partial charge in [0.25, 0.3) is 0 Å². The van der Waals surface area contributed by atoms with Gasteiger partial charge < -0.3 is 14.7 Å². The third kappa shape index (κ3) is 7.35. The van der Waals surface area contributed by atoms with Crippen LogP contribution in [0.1, 0.15) is 41.2 Å². The Bertz CT molecular complexity index is 874. The molecule has 0 saturated carbocycles. The van der Waals surface area contributed by atoms with Crippen molar-refractivity contribution >= 4 is 18.4 Å². The molecule has 1 atom stereocenters. The van der Waals surface area contributed by atoms with Gasteiger partial charge >= 0.3 is 18.3 Å². The molecule has 0 bridgehead atoms. The average Bonchev–Trinajstić information content (AvgIpc) is 2.76. The lowest BCUT2D eigenvalue weighted by atomic mass is 9.98. The van der Waals surface area contributed by atoms with E-state index in [1.54, 1.807) is 0 Å². The van der Waals surface area contributed by atoms with Crippen molar-refractivity contribution in [2.45, 2.75) is 31.3 Å². The Morgan fingerprint density at radius 2 is 1.41 bits per heavy atom. The summed E-state index contributed by atoms with van der Waals surface area (Å²) in [4.78, 5) is 13.2. The standard InChI is InChI=1S/C23H23F6NO3.ClH/c24-22(25,26)18-7-3-15(4-8-18)20(16-5-9-19(10-6-16)23(27,28)29)33-13-12-30-11-1-2-17(14-30)21(31)32;/h3-10,17,20H,1-2,11-14H2,(H,31,32);1H/t17-;/m1./s1. The van der Waals surface area contributed by atoms with Crippen molar-refractivity contribution in [3.8, 4) is 0 Å². The molecule has 0 radical (unpaired) electrons. The zero-order valence-electron chi connectivity index (χ0n) is 17.9. The van der Waals surface area contributed by atoms with Crippen LogP contribution in [0.25, 0.3) is 0 Å². The van der Waals surface area contributed by atoms with Gasteiger partial charge in [-0.3, -0.25) is 4.79 Å². The highest BCUT2D eigenvalue weighted by molar-refractivity contribution is 5.85. The molecular formula is C23H24ClF6NO3. The normalized spacial score (nSPS) is 17.4. The van der Waals surface area contributed by atoms with Crippen LogP contribution in [0.4, 0.5) is 26.3 Å². The second-order valence-electron chi connectivity index (χ2n) is 7.97. The number of aliphatic carboxylic acids is 1. The molecule has 0 unspecified atom stereocenters. The number of carboxylic acid groups (broad SMARTS) is 1. The molecule has 34 heavy (non-hydrogen) atoms. The van der Waals surface area contributed by atoms with Crippen molar-refractivity contribution in [1.29, 1.82) is 0 Å². The first-order valence-corrected chi connectivity index (χ1v) is 10.4. The minimum atomic E-state index is -4.52. The second-order valence-corrected chi connectivity index (χ2v) is 7.97. The van der Waals surface area contributed by atoms with Gasteiger partial charge in [-0.1, -0.05) is 24.3 Å². The Labute approximate surface area is 198 Å². The second kappa shape index (κ2) is 11.4. The molecule has 0 spiro atoms. The van der Waals surface area contributed by atoms with Crippen molar-refractivity contribution in [1.82, 2.24) is 4.90 Å². The van der Waals surface area contributed by atoms with Crippen LogP contribution in [0, 0.1) is 5.92 Å². The summed E-state index contributed by atoms with van der Waals surface area (Å²) in [5.74, 6) is -1.34. The van der Waals surface area contributed by atoms with Gasteiger partial charge in [0.1, 0.15) is 6.10 Å². The lowest BCUT2D eigenvalue weighted by Gasteiger charge is -2.31. The van der Waals surface area contributed by atoms with Gasteiger partial charge in [-0.25, -0.2) is 0 Å². The highest BCUT2D eigenvalue weighted by Gasteiger charge is 2.32. The van der Waals surface area contributed by atoms with E-state index in [9.17, 15) is 36.2 Å². The van der Waals surface area contributed by atoms with Gasteiger partial charge in [-0.2, -0.15) is 26.3 Å². The van der Waals surface area contributed by atoms with Crippen molar-refractivity contribution < 1.29 is 41.0 Å². The molecule has 1 aliphatic rings. The van der Waals surface area contributed by atoms with E-state index < -0.39 is 41.5 Å². The van der Waals surface area contributed by atoms with E-state index in [0.29, 0.717) is 37.2 Å². The number of halogens is 7. The minimum absolute atomic E-state index is 0. The van der Waals surface area contributed by atoms with E-state index in [4.69, 9.17) is 4.74 Å². The molecule has 1 N–H and O–H groups in total. The molecule has 4 nitrogen and oxygen atoms in total. The smallest absolute Gasteiger partial charge is 0.416 e. The Kier molecular flexibility index (Phi) is 9.38. The first-order chi connectivity index (χ1) is 15.4. The molecule has 1 aliphatic heterocycles. The van der Waals surface area contributed by atoms with Gasteiger partial charge in [-0.05, 0) is 54.8 Å². The third-order valence-electron chi connectivity index (χ3n) is 5.63. The fraction of sp³-hybridized carbons (Fsp3) is 0.435. The molecule has 2 aromatic rings. The van der Waals surface area contributed by atoms with Crippen LogP contribution in [0.15, 0.2) is 48.5 Å². The number of ether oxygens (including phenoxy) is 1. The number of carboxylic acids is 1. The fourth-order valence-corrected chi connectivity index (χ4v) is 3.84. The van der Waals surface area contributed by atoms with E-state index >= 15 is 0 Å². The number of hydrogen-bond acceptors (Lipinski definition) is 3. The average molecular weight is 512 g/mol. The molecular weight excluding hydrogens is 488 g/mol. The van der Waals surface area contributed by atoms with Gasteiger partial charge in [0.2, 0.25) is 0 Å². The Morgan fingerprint density at radius 1 is 0.941 bits per heavy atom. The van der Waals surface area contributed by atoms with Crippen LogP contribution in [-0.2, 0) is 21.9 Å². The van der Waals surface area contributed by atoms with Crippen LogP contribution in [-0.4, -0.2) is 42.2 Å². The van der Waals surface area contributed by atoms with Gasteiger partial charge in [0.15, 0.2) is 0 Å². The molecule has 0 aliphatic carbocycles. The van der Waals surface area contributed by atoms with Crippen molar-refractivity contribution in [3.63, 3.8) is 0 Å². The maximum Gasteiger partial charge on any atom is 0.416 e. The number of piperidine rings is 1. The predicted octanol–water partition coefficient (Wildman–Crippen LogP) is 6.05. The predicted molar refractivity (Wildman–Crippen MR) is 115 cm³/mol. The molecule has 1 heterocycles. The number of rotatable bonds is 7. The highest BCUT2D eigenvalue weighted by Crippen LogP contribution is 2.34. The summed E-state index contributed by atoms with van der Waals surface area (Å²) in [6.07, 6.45) is -8.60. The number of likely N-dealkylation sites (tertiary alicyclic amines) is 1. The lowest BCUT2D eigenvalue weighted by Crippen LogP contribution is -2.40. The van der Waals surface area contributed by atoms with Crippen LogP contribution >= 0.6 is 12.4 Å². The summed E-state index contributed by atoms with van der Waals surface area (Å²) in [6.45, 7) is 1.57. The van der Waals surface area contributed by atoms with Crippen molar-refractivity contribution in [2.24, 2.45) is 5.92 Å². The molecule has 3 rings (SSSR count). The third-order valence-corrected chi connectivity index (χ3v) is 5.63. The first-order valence-electron chi connectivity index (χ1n) is 10.4. The van der Waals surface area contributed by atoms with Crippen molar-refractivity contribution in [2.75, 3.05) is 26.2 Å². The van der Waals surface area contributed by atoms with Gasteiger partial charge in [0.05, 0.1) is 23.7 Å². The quantitative estimate of drug-likeness (QED) is 0.460. The van der Waals surface area contributed by atoms with Crippen LogP contribution < -0.4 is 0 Å². The van der Waals surface area contributed by atoms with Crippen LogP contribution in [0.3, 0.4) is 0 Å². The monoisotopic (exact) mass is 511 g/mol. The molecule has 2 aromatic carbocycles. The lowest BCUT2D eigenvalue weighted by molar-refractivity contribution is -0.143. The summed E-state index contributed by atoms with van der Waals surface area (Å²) in [5, 5.41) is 9.21. The summed E-state index contributed by atoms with van der Waals surface area (Å²) < 4.78 is 83.4. The number of benzene rings is 2. The first kappa shape index (κ1) is 27.9. The minimum Gasteiger partial charge on any atom is -0.481 e. The highest BCUT2D eigenvalue weighted by atomic mass is 35.5. The Balaban J connectivity index is 0.00000408. The van der Waals surface area contributed by atoms with Crippen LogP contribution in [0.5, 0.6) is 0 Å². The van der Waals surface area contributed by atoms with E-state index in [0.717, 1.165) is 30.7 Å². The zero-order valence-corrected chi connectivity index (χ0v) is 18.7. The number of alkyl halides is 6. The maximum atomic E-state index is 12.9. The SMILES string of the molecule is Cl.O=C(O)[C@@H]1CCCN(CCOC(c2ccc(C(F)(F)F)cc2)c2ccc(C(F)(F)F)cc2)C1. The van der Waals surface area contributed by atoms with E-state index in [1.807, 2.05) is 4.90 Å². The molecule has 188 valence electrons. The van der Waals surface area contributed by atoms with Gasteiger partial charge in [-0.15, -0.1) is 12.4 Å².